The van der Waals surface area contributed by atoms with Gasteiger partial charge in [0.1, 0.15) is 11.4 Å². The Balaban J connectivity index is 2.17. The largest absolute Gasteiger partial charge is 0.466 e. The highest BCUT2D eigenvalue weighted by atomic mass is 19.4. The van der Waals surface area contributed by atoms with Crippen LogP contribution in [-0.4, -0.2) is 60.8 Å². The third kappa shape index (κ3) is 6.37. The number of ether oxygens (including phenoxy) is 2. The van der Waals surface area contributed by atoms with E-state index in [1.165, 1.54) is 29.2 Å². The first kappa shape index (κ1) is 22.5. The Kier molecular flexibility index (Phi) is 6.76. The molecular weight excluding hydrogens is 391 g/mol. The normalized spacial score (nSPS) is 15.6. The fourth-order valence-electron chi connectivity index (χ4n) is 2.69. The lowest BCUT2D eigenvalue weighted by Gasteiger charge is -2.37. The van der Waals surface area contributed by atoms with Crippen molar-refractivity contribution in [2.45, 2.75) is 32.5 Å². The highest BCUT2D eigenvalue weighted by Gasteiger charge is 2.37. The number of methoxy groups -OCH3 is 1. The first-order valence-electron chi connectivity index (χ1n) is 8.97. The minimum atomic E-state index is -4.63. The van der Waals surface area contributed by atoms with Crippen molar-refractivity contribution in [3.05, 3.63) is 29.5 Å². The first-order chi connectivity index (χ1) is 13.4. The lowest BCUT2D eigenvalue weighted by atomic mass is 10.1. The molecule has 0 unspecified atom stereocenters. The number of hydrogen-bond donors (Lipinski definition) is 0. The van der Waals surface area contributed by atoms with Crippen molar-refractivity contribution in [2.24, 2.45) is 0 Å². The van der Waals surface area contributed by atoms with E-state index in [1.807, 2.05) is 0 Å². The average molecular weight is 415 g/mol. The second-order valence-electron chi connectivity index (χ2n) is 7.45. The number of carbonyl (C=O) groups excluding carboxylic acids is 2. The van der Waals surface area contributed by atoms with Gasteiger partial charge in [0, 0.05) is 38.5 Å². The molecule has 0 bridgehead atoms. The molecule has 7 nitrogen and oxygen atoms in total. The summed E-state index contributed by atoms with van der Waals surface area (Å²) in [5.74, 6) is -0.891. The van der Waals surface area contributed by atoms with Gasteiger partial charge in [-0.2, -0.15) is 13.2 Å². The van der Waals surface area contributed by atoms with Crippen LogP contribution in [0.3, 0.4) is 0 Å². The molecule has 1 saturated heterocycles. The van der Waals surface area contributed by atoms with Crippen molar-refractivity contribution in [2.75, 3.05) is 38.2 Å². The second-order valence-corrected chi connectivity index (χ2v) is 7.45. The zero-order valence-corrected chi connectivity index (χ0v) is 16.7. The van der Waals surface area contributed by atoms with E-state index >= 15 is 0 Å². The van der Waals surface area contributed by atoms with Crippen molar-refractivity contribution in [3.8, 4) is 0 Å². The molecule has 1 amide bonds. The van der Waals surface area contributed by atoms with Crippen LogP contribution in [0.1, 0.15) is 31.9 Å². The van der Waals surface area contributed by atoms with E-state index in [4.69, 9.17) is 4.74 Å². The first-order valence-corrected chi connectivity index (χ1v) is 8.97. The standard InChI is InChI=1S/C19H24F3N3O4/c1-18(2,3)29-17(27)25-9-7-24(8-10-25)16-14(19(20,21)22)11-13(12-23-16)5-6-15(26)28-4/h5-6,11-12H,7-10H2,1-4H3/b6-5+. The molecule has 1 aromatic rings. The highest BCUT2D eigenvalue weighted by molar-refractivity contribution is 5.87. The van der Waals surface area contributed by atoms with Crippen LogP contribution in [0.4, 0.5) is 23.8 Å². The van der Waals surface area contributed by atoms with Crippen LogP contribution >= 0.6 is 0 Å². The molecule has 0 atom stereocenters. The van der Waals surface area contributed by atoms with E-state index in [0.29, 0.717) is 0 Å². The van der Waals surface area contributed by atoms with Crippen LogP contribution in [0.25, 0.3) is 6.08 Å². The van der Waals surface area contributed by atoms with Crippen molar-refractivity contribution >= 4 is 24.0 Å². The van der Waals surface area contributed by atoms with Gasteiger partial charge in [-0.15, -0.1) is 0 Å². The molecule has 1 aromatic heterocycles. The number of hydrogen-bond acceptors (Lipinski definition) is 6. The number of anilines is 1. The zero-order valence-electron chi connectivity index (χ0n) is 16.7. The van der Waals surface area contributed by atoms with Gasteiger partial charge in [-0.25, -0.2) is 14.6 Å². The second kappa shape index (κ2) is 8.71. The summed E-state index contributed by atoms with van der Waals surface area (Å²) in [5.41, 5.74) is -1.43. The lowest BCUT2D eigenvalue weighted by molar-refractivity contribution is -0.137. The molecule has 2 rings (SSSR count). The minimum Gasteiger partial charge on any atom is -0.466 e. The van der Waals surface area contributed by atoms with Gasteiger partial charge < -0.3 is 19.3 Å². The number of aromatic nitrogens is 1. The molecule has 10 heteroatoms. The minimum absolute atomic E-state index is 0.124. The van der Waals surface area contributed by atoms with Gasteiger partial charge in [-0.05, 0) is 38.5 Å². The topological polar surface area (TPSA) is 72.0 Å². The predicted octanol–water partition coefficient (Wildman–Crippen LogP) is 3.34. The van der Waals surface area contributed by atoms with Gasteiger partial charge in [-0.3, -0.25) is 0 Å². The number of esters is 1. The predicted molar refractivity (Wildman–Crippen MR) is 100 cm³/mol. The summed E-state index contributed by atoms with van der Waals surface area (Å²) in [6.07, 6.45) is -1.64. The third-order valence-electron chi connectivity index (χ3n) is 4.04. The van der Waals surface area contributed by atoms with Crippen molar-refractivity contribution in [1.29, 1.82) is 0 Å². The molecule has 0 aromatic carbocycles. The summed E-state index contributed by atoms with van der Waals surface area (Å²) in [7, 11) is 1.17. The molecule has 160 valence electrons. The summed E-state index contributed by atoms with van der Waals surface area (Å²) < 4.78 is 50.4. The smallest absolute Gasteiger partial charge is 0.419 e. The quantitative estimate of drug-likeness (QED) is 0.557. The van der Waals surface area contributed by atoms with Crippen LogP contribution in [0.2, 0.25) is 0 Å². The molecule has 0 N–H and O–H groups in total. The maximum atomic E-state index is 13.6. The molecule has 1 aliphatic heterocycles. The number of amides is 1. The number of rotatable bonds is 3. The molecule has 1 aliphatic rings. The Bertz CT molecular complexity index is 780. The van der Waals surface area contributed by atoms with E-state index < -0.39 is 29.4 Å². The molecule has 1 fully saturated rings. The molecule has 2 heterocycles. The van der Waals surface area contributed by atoms with Crippen molar-refractivity contribution in [1.82, 2.24) is 9.88 Å². The zero-order chi connectivity index (χ0) is 21.8. The Morgan fingerprint density at radius 1 is 1.14 bits per heavy atom. The van der Waals surface area contributed by atoms with Crippen LogP contribution in [0, 0.1) is 0 Å². The van der Waals surface area contributed by atoms with Crippen molar-refractivity contribution < 1.29 is 32.2 Å². The number of piperazine rings is 1. The molecule has 0 aliphatic carbocycles. The van der Waals surface area contributed by atoms with Gasteiger partial charge in [0.2, 0.25) is 0 Å². The van der Waals surface area contributed by atoms with Gasteiger partial charge >= 0.3 is 18.2 Å². The maximum Gasteiger partial charge on any atom is 0.419 e. The Morgan fingerprint density at radius 3 is 2.28 bits per heavy atom. The average Bonchev–Trinajstić information content (AvgIpc) is 2.64. The molecule has 0 saturated carbocycles. The van der Waals surface area contributed by atoms with E-state index in [0.717, 1.165) is 12.1 Å². The SMILES string of the molecule is COC(=O)/C=C/c1cnc(N2CCN(C(=O)OC(C)(C)C)CC2)c(C(F)(F)F)c1. The van der Waals surface area contributed by atoms with E-state index in [-0.39, 0.29) is 37.6 Å². The summed E-state index contributed by atoms with van der Waals surface area (Å²) in [6.45, 7) is 6.06. The van der Waals surface area contributed by atoms with Crippen molar-refractivity contribution in [3.63, 3.8) is 0 Å². The number of halogens is 3. The summed E-state index contributed by atoms with van der Waals surface area (Å²) >= 11 is 0. The summed E-state index contributed by atoms with van der Waals surface area (Å²) in [4.78, 5) is 30.2. The van der Waals surface area contributed by atoms with Gasteiger partial charge in [0.15, 0.2) is 0 Å². The third-order valence-corrected chi connectivity index (χ3v) is 4.04. The Morgan fingerprint density at radius 2 is 1.76 bits per heavy atom. The fraction of sp³-hybridized carbons (Fsp3) is 0.526. The van der Waals surface area contributed by atoms with E-state index in [9.17, 15) is 22.8 Å². The van der Waals surface area contributed by atoms with Gasteiger partial charge in [0.25, 0.3) is 0 Å². The summed E-state index contributed by atoms with van der Waals surface area (Å²) in [6, 6.07) is 0.933. The number of carbonyl (C=O) groups is 2. The molecular formula is C19H24F3N3O4. The van der Waals surface area contributed by atoms with Crippen LogP contribution in [0.15, 0.2) is 18.3 Å². The van der Waals surface area contributed by atoms with E-state index in [1.54, 1.807) is 20.8 Å². The van der Waals surface area contributed by atoms with E-state index in [2.05, 4.69) is 9.72 Å². The van der Waals surface area contributed by atoms with Gasteiger partial charge in [-0.1, -0.05) is 0 Å². The number of alkyl halides is 3. The molecule has 29 heavy (non-hydrogen) atoms. The Labute approximate surface area is 167 Å². The monoisotopic (exact) mass is 415 g/mol. The number of pyridine rings is 1. The fourth-order valence-corrected chi connectivity index (χ4v) is 2.69. The lowest BCUT2D eigenvalue weighted by Crippen LogP contribution is -2.50. The summed E-state index contributed by atoms with van der Waals surface area (Å²) in [5, 5.41) is 0. The number of nitrogens with zero attached hydrogens (tertiary/aromatic N) is 3. The molecule has 0 spiro atoms. The van der Waals surface area contributed by atoms with Crippen LogP contribution in [0.5, 0.6) is 0 Å². The van der Waals surface area contributed by atoms with Crippen LogP contribution in [-0.2, 0) is 20.4 Å². The van der Waals surface area contributed by atoms with Crippen LogP contribution < -0.4 is 4.90 Å². The van der Waals surface area contributed by atoms with Gasteiger partial charge in [0.05, 0.1) is 12.7 Å². The Hall–Kier alpha value is -2.78. The highest BCUT2D eigenvalue weighted by Crippen LogP contribution is 2.36. The molecule has 0 radical (unpaired) electrons. The maximum absolute atomic E-state index is 13.6.